The molecular weight excluding hydrogens is 264 g/mol. The van der Waals surface area contributed by atoms with E-state index in [-0.39, 0.29) is 29.9 Å². The largest absolute Gasteiger partial charge is 0.362 e. The molecule has 6 heteroatoms. The summed E-state index contributed by atoms with van der Waals surface area (Å²) in [4.78, 5) is 17.2. The van der Waals surface area contributed by atoms with Crippen LogP contribution >= 0.6 is 0 Å². The monoisotopic (exact) mass is 284 g/mol. The fraction of sp³-hybridized carbons (Fsp3) is 0.615. The van der Waals surface area contributed by atoms with E-state index in [9.17, 15) is 13.2 Å². The van der Waals surface area contributed by atoms with Crippen molar-refractivity contribution in [3.8, 4) is 0 Å². The van der Waals surface area contributed by atoms with Crippen LogP contribution in [0.25, 0.3) is 0 Å². The fourth-order valence-electron chi connectivity index (χ4n) is 2.58. The smallest absolute Gasteiger partial charge is 0.178 e. The van der Waals surface area contributed by atoms with Gasteiger partial charge in [-0.15, -0.1) is 0 Å². The number of likely N-dealkylation sites (N-methyl/N-ethyl adjacent to an activating group) is 1. The van der Waals surface area contributed by atoms with Crippen LogP contribution in [0.5, 0.6) is 0 Å². The molecular formula is C13H20N2O3S. The third kappa shape index (κ3) is 3.25. The zero-order valence-electron chi connectivity index (χ0n) is 11.6. The molecule has 1 N–H and O–H groups in total. The van der Waals surface area contributed by atoms with Crippen molar-refractivity contribution >= 4 is 15.6 Å². The highest BCUT2D eigenvalue weighted by molar-refractivity contribution is 7.91. The highest BCUT2D eigenvalue weighted by Crippen LogP contribution is 2.17. The average Bonchev–Trinajstić information content (AvgIpc) is 2.81. The molecule has 1 fully saturated rings. The number of aromatic amines is 1. The van der Waals surface area contributed by atoms with Gasteiger partial charge < -0.3 is 4.98 Å². The first-order valence-electron chi connectivity index (χ1n) is 6.38. The van der Waals surface area contributed by atoms with Crippen molar-refractivity contribution < 1.29 is 13.2 Å². The lowest BCUT2D eigenvalue weighted by atomic mass is 10.1. The van der Waals surface area contributed by atoms with Crippen molar-refractivity contribution in [1.29, 1.82) is 0 Å². The Hall–Kier alpha value is -1.14. The maximum absolute atomic E-state index is 12.2. The third-order valence-electron chi connectivity index (χ3n) is 3.67. The van der Waals surface area contributed by atoms with E-state index in [0.29, 0.717) is 12.0 Å². The van der Waals surface area contributed by atoms with E-state index >= 15 is 0 Å². The second-order valence-corrected chi connectivity index (χ2v) is 7.61. The zero-order chi connectivity index (χ0) is 14.2. The van der Waals surface area contributed by atoms with Crippen LogP contribution in [0.2, 0.25) is 0 Å². The van der Waals surface area contributed by atoms with E-state index in [2.05, 4.69) is 4.98 Å². The molecule has 1 unspecified atom stereocenters. The first-order valence-corrected chi connectivity index (χ1v) is 8.21. The second kappa shape index (κ2) is 5.09. The third-order valence-corrected chi connectivity index (χ3v) is 5.43. The number of carbonyl (C=O) groups is 1. The van der Waals surface area contributed by atoms with Crippen LogP contribution in [0.3, 0.4) is 0 Å². The van der Waals surface area contributed by atoms with Crippen LogP contribution in [0, 0.1) is 13.8 Å². The Bertz CT molecular complexity index is 589. The van der Waals surface area contributed by atoms with Crippen LogP contribution in [0.1, 0.15) is 28.2 Å². The van der Waals surface area contributed by atoms with Gasteiger partial charge in [-0.05, 0) is 33.4 Å². The van der Waals surface area contributed by atoms with Gasteiger partial charge in [-0.2, -0.15) is 0 Å². The van der Waals surface area contributed by atoms with Crippen LogP contribution in [-0.2, 0) is 9.84 Å². The van der Waals surface area contributed by atoms with Gasteiger partial charge in [-0.1, -0.05) is 0 Å². The number of hydrogen-bond donors (Lipinski definition) is 1. The Balaban J connectivity index is 2.02. The molecule has 106 valence electrons. The summed E-state index contributed by atoms with van der Waals surface area (Å²) in [5.41, 5.74) is 2.53. The molecule has 1 aromatic rings. The minimum atomic E-state index is -2.90. The topological polar surface area (TPSA) is 70.2 Å². The van der Waals surface area contributed by atoms with Gasteiger partial charge in [0, 0.05) is 23.0 Å². The summed E-state index contributed by atoms with van der Waals surface area (Å²) in [5.74, 6) is 0.439. The van der Waals surface area contributed by atoms with Crippen LogP contribution in [0.15, 0.2) is 6.07 Å². The maximum Gasteiger partial charge on any atom is 0.178 e. The lowest BCUT2D eigenvalue weighted by Gasteiger charge is -2.21. The van der Waals surface area contributed by atoms with Crippen molar-refractivity contribution in [1.82, 2.24) is 9.88 Å². The predicted octanol–water partition coefficient (Wildman–Crippen LogP) is 0.933. The molecule has 0 aliphatic carbocycles. The van der Waals surface area contributed by atoms with E-state index < -0.39 is 9.84 Å². The summed E-state index contributed by atoms with van der Waals surface area (Å²) in [6.07, 6.45) is 0.622. The van der Waals surface area contributed by atoms with Gasteiger partial charge in [0.25, 0.3) is 0 Å². The molecule has 1 atom stereocenters. The Morgan fingerprint density at radius 1 is 1.47 bits per heavy atom. The standard InChI is InChI=1S/C13H20N2O3S/c1-9-6-12(10(2)14-9)13(16)7-15(3)11-4-5-19(17,18)8-11/h6,11,14H,4-5,7-8H2,1-3H3. The summed E-state index contributed by atoms with van der Waals surface area (Å²) in [6.45, 7) is 4.05. The number of Topliss-reactive ketones (excluding diaryl/α,β-unsaturated/α-hetero) is 1. The van der Waals surface area contributed by atoms with E-state index in [1.54, 1.807) is 0 Å². The number of nitrogens with zero attached hydrogens (tertiary/aromatic N) is 1. The molecule has 5 nitrogen and oxygen atoms in total. The second-order valence-electron chi connectivity index (χ2n) is 5.39. The lowest BCUT2D eigenvalue weighted by molar-refractivity contribution is 0.0926. The normalized spacial score (nSPS) is 22.0. The van der Waals surface area contributed by atoms with Crippen molar-refractivity contribution in [2.75, 3.05) is 25.1 Å². The number of ketones is 1. The number of aromatic nitrogens is 1. The van der Waals surface area contributed by atoms with E-state index in [1.165, 1.54) is 0 Å². The van der Waals surface area contributed by atoms with Gasteiger partial charge in [0.05, 0.1) is 18.1 Å². The number of rotatable bonds is 4. The molecule has 1 saturated heterocycles. The number of nitrogens with one attached hydrogen (secondary N) is 1. The Morgan fingerprint density at radius 2 is 2.16 bits per heavy atom. The maximum atomic E-state index is 12.2. The summed E-state index contributed by atoms with van der Waals surface area (Å²) >= 11 is 0. The quantitative estimate of drug-likeness (QED) is 0.835. The van der Waals surface area contributed by atoms with E-state index in [0.717, 1.165) is 11.4 Å². The summed E-state index contributed by atoms with van der Waals surface area (Å²) in [6, 6.07) is 1.81. The Labute approximate surface area is 113 Å². The minimum absolute atomic E-state index is 0.0331. The van der Waals surface area contributed by atoms with Crippen LogP contribution in [0.4, 0.5) is 0 Å². The molecule has 0 aromatic carbocycles. The highest BCUT2D eigenvalue weighted by Gasteiger charge is 2.31. The van der Waals surface area contributed by atoms with Gasteiger partial charge in [-0.25, -0.2) is 8.42 Å². The summed E-state index contributed by atoms with van der Waals surface area (Å²) in [5, 5.41) is 0. The molecule has 0 bridgehead atoms. The van der Waals surface area contributed by atoms with Crippen molar-refractivity contribution in [3.05, 3.63) is 23.0 Å². The van der Waals surface area contributed by atoms with Gasteiger partial charge in [0.1, 0.15) is 0 Å². The van der Waals surface area contributed by atoms with Crippen molar-refractivity contribution in [3.63, 3.8) is 0 Å². The number of carbonyl (C=O) groups excluding carboxylic acids is 1. The molecule has 1 aromatic heterocycles. The first-order chi connectivity index (χ1) is 8.78. The SMILES string of the molecule is Cc1cc(C(=O)CN(C)C2CCS(=O)(=O)C2)c(C)[nH]1. The Kier molecular flexibility index (Phi) is 3.82. The molecule has 2 heterocycles. The fourth-order valence-corrected chi connectivity index (χ4v) is 4.38. The summed E-state index contributed by atoms with van der Waals surface area (Å²) in [7, 11) is -1.09. The van der Waals surface area contributed by atoms with Crippen LogP contribution < -0.4 is 0 Å². The predicted molar refractivity (Wildman–Crippen MR) is 74.3 cm³/mol. The van der Waals surface area contributed by atoms with E-state index in [1.807, 2.05) is 31.9 Å². The minimum Gasteiger partial charge on any atom is -0.362 e. The number of aryl methyl sites for hydroxylation is 2. The molecule has 2 rings (SSSR count). The average molecular weight is 284 g/mol. The van der Waals surface area contributed by atoms with Gasteiger partial charge in [-0.3, -0.25) is 9.69 Å². The zero-order valence-corrected chi connectivity index (χ0v) is 12.4. The molecule has 0 spiro atoms. The van der Waals surface area contributed by atoms with Crippen LogP contribution in [-0.4, -0.2) is 55.2 Å². The lowest BCUT2D eigenvalue weighted by Crippen LogP contribution is -2.36. The summed E-state index contributed by atoms with van der Waals surface area (Å²) < 4.78 is 22.9. The van der Waals surface area contributed by atoms with Gasteiger partial charge in [0.2, 0.25) is 0 Å². The van der Waals surface area contributed by atoms with Crippen molar-refractivity contribution in [2.24, 2.45) is 0 Å². The first kappa shape index (κ1) is 14.3. The molecule has 0 amide bonds. The highest BCUT2D eigenvalue weighted by atomic mass is 32.2. The molecule has 0 radical (unpaired) electrons. The number of sulfone groups is 1. The van der Waals surface area contributed by atoms with Crippen molar-refractivity contribution in [2.45, 2.75) is 26.3 Å². The number of H-pyrrole nitrogens is 1. The Morgan fingerprint density at radius 3 is 2.63 bits per heavy atom. The molecule has 0 saturated carbocycles. The number of hydrogen-bond acceptors (Lipinski definition) is 4. The van der Waals surface area contributed by atoms with Gasteiger partial charge in [0.15, 0.2) is 15.6 Å². The van der Waals surface area contributed by atoms with Gasteiger partial charge >= 0.3 is 0 Å². The molecule has 1 aliphatic rings. The van der Waals surface area contributed by atoms with E-state index in [4.69, 9.17) is 0 Å². The molecule has 1 aliphatic heterocycles. The molecule has 19 heavy (non-hydrogen) atoms.